The van der Waals surface area contributed by atoms with Gasteiger partial charge in [0.1, 0.15) is 0 Å². The van der Waals surface area contributed by atoms with E-state index < -0.39 is 0 Å². The molecule has 0 fully saturated rings. The topological polar surface area (TPSA) is 36.7 Å². The van der Waals surface area contributed by atoms with Gasteiger partial charge in [-0.15, -0.1) is 0 Å². The van der Waals surface area contributed by atoms with Crippen LogP contribution < -0.4 is 0 Å². The van der Waals surface area contributed by atoms with Gasteiger partial charge in [0.15, 0.2) is 0 Å². The number of nitriles is 1. The molecule has 2 aromatic rings. The molecule has 0 radical (unpaired) electrons. The summed E-state index contributed by atoms with van der Waals surface area (Å²) >= 11 is 0. The number of hydrogen-bond donors (Lipinski definition) is 0. The van der Waals surface area contributed by atoms with Crippen LogP contribution in [0.15, 0.2) is 18.2 Å². The molecule has 0 unspecified atom stereocenters. The third kappa shape index (κ3) is 2.18. The summed E-state index contributed by atoms with van der Waals surface area (Å²) in [5, 5.41) is 10.4. The van der Waals surface area contributed by atoms with Gasteiger partial charge in [0.05, 0.1) is 18.0 Å². The van der Waals surface area contributed by atoms with Crippen molar-refractivity contribution in [2.45, 2.75) is 51.9 Å². The van der Waals surface area contributed by atoms with E-state index in [4.69, 9.17) is 4.98 Å². The minimum Gasteiger partial charge on any atom is -0.253 e. The lowest BCUT2D eigenvalue weighted by molar-refractivity contribution is 0.666. The fourth-order valence-corrected chi connectivity index (χ4v) is 3.18. The van der Waals surface area contributed by atoms with Crippen LogP contribution in [0.5, 0.6) is 0 Å². The zero-order chi connectivity index (χ0) is 14.1. The monoisotopic (exact) mass is 264 g/mol. The molecule has 1 aliphatic rings. The second-order valence-corrected chi connectivity index (χ2v) is 5.99. The zero-order valence-corrected chi connectivity index (χ0v) is 12.2. The lowest BCUT2D eigenvalue weighted by atomic mass is 9.88. The van der Waals surface area contributed by atoms with Crippen molar-refractivity contribution in [2.24, 2.45) is 0 Å². The van der Waals surface area contributed by atoms with Crippen molar-refractivity contribution in [1.29, 1.82) is 5.26 Å². The first-order valence-corrected chi connectivity index (χ1v) is 7.52. The molecule has 0 bridgehead atoms. The van der Waals surface area contributed by atoms with E-state index in [2.05, 4.69) is 38.1 Å². The summed E-state index contributed by atoms with van der Waals surface area (Å²) in [5.41, 5.74) is 6.20. The summed E-state index contributed by atoms with van der Waals surface area (Å²) in [7, 11) is 0. The predicted molar refractivity (Wildman–Crippen MR) is 81.8 cm³/mol. The first-order valence-electron chi connectivity index (χ1n) is 7.52. The van der Waals surface area contributed by atoms with E-state index in [0.717, 1.165) is 18.4 Å². The van der Waals surface area contributed by atoms with Crippen LogP contribution in [0.3, 0.4) is 0 Å². The smallest absolute Gasteiger partial charge is 0.0708 e. The van der Waals surface area contributed by atoms with E-state index in [1.54, 1.807) is 0 Å². The van der Waals surface area contributed by atoms with Crippen molar-refractivity contribution in [3.8, 4) is 6.07 Å². The average Bonchev–Trinajstić information content (AvgIpc) is 2.46. The number of pyridine rings is 1. The second kappa shape index (κ2) is 5.25. The minimum absolute atomic E-state index is 0.503. The van der Waals surface area contributed by atoms with Crippen molar-refractivity contribution in [3.05, 3.63) is 40.6 Å². The van der Waals surface area contributed by atoms with Gasteiger partial charge in [0.2, 0.25) is 0 Å². The highest BCUT2D eigenvalue weighted by atomic mass is 14.7. The van der Waals surface area contributed by atoms with E-state index in [0.29, 0.717) is 12.3 Å². The normalized spacial score (nSPS) is 14.3. The van der Waals surface area contributed by atoms with Gasteiger partial charge in [-0.1, -0.05) is 19.9 Å². The van der Waals surface area contributed by atoms with Crippen LogP contribution in [0.2, 0.25) is 0 Å². The summed E-state index contributed by atoms with van der Waals surface area (Å²) < 4.78 is 0. The van der Waals surface area contributed by atoms with Crippen LogP contribution in [-0.4, -0.2) is 4.98 Å². The molecule has 0 spiro atoms. The molecule has 0 atom stereocenters. The van der Waals surface area contributed by atoms with Crippen molar-refractivity contribution in [1.82, 2.24) is 4.98 Å². The fourth-order valence-electron chi connectivity index (χ4n) is 3.18. The Bertz CT molecular complexity index is 693. The van der Waals surface area contributed by atoms with Crippen LogP contribution in [-0.2, 0) is 19.3 Å². The largest absolute Gasteiger partial charge is 0.253 e. The molecular weight excluding hydrogens is 244 g/mol. The van der Waals surface area contributed by atoms with Crippen molar-refractivity contribution >= 4 is 10.9 Å². The third-order valence-electron chi connectivity index (χ3n) is 4.33. The highest BCUT2D eigenvalue weighted by molar-refractivity contribution is 5.85. The van der Waals surface area contributed by atoms with Gasteiger partial charge in [-0.3, -0.25) is 4.98 Å². The Labute approximate surface area is 120 Å². The second-order valence-electron chi connectivity index (χ2n) is 5.99. The fraction of sp³-hybridized carbons (Fsp3) is 0.444. The maximum atomic E-state index is 9.19. The van der Waals surface area contributed by atoms with Crippen molar-refractivity contribution < 1.29 is 0 Å². The SMILES string of the molecule is CC(C)c1ccc2nc3c(c(CC#N)c2c1)CCCC3. The van der Waals surface area contributed by atoms with E-state index in [1.165, 1.54) is 40.6 Å². The summed E-state index contributed by atoms with van der Waals surface area (Å²) in [4.78, 5) is 4.85. The molecule has 102 valence electrons. The number of aromatic nitrogens is 1. The number of hydrogen-bond acceptors (Lipinski definition) is 2. The molecule has 2 nitrogen and oxygen atoms in total. The lowest BCUT2D eigenvalue weighted by Gasteiger charge is -2.20. The Hall–Kier alpha value is -1.88. The van der Waals surface area contributed by atoms with Crippen LogP contribution in [0.1, 0.15) is 55.0 Å². The number of fused-ring (bicyclic) bond motifs is 2. The van der Waals surface area contributed by atoms with Gasteiger partial charge in [0.25, 0.3) is 0 Å². The van der Waals surface area contributed by atoms with Gasteiger partial charge >= 0.3 is 0 Å². The molecule has 0 amide bonds. The van der Waals surface area contributed by atoms with Gasteiger partial charge in [-0.05, 0) is 60.4 Å². The summed E-state index contributed by atoms with van der Waals surface area (Å²) in [6.45, 7) is 4.41. The van der Waals surface area contributed by atoms with E-state index in [1.807, 2.05) is 0 Å². The molecule has 0 saturated heterocycles. The first kappa shape index (κ1) is 13.1. The summed E-state index contributed by atoms with van der Waals surface area (Å²) in [6, 6.07) is 8.89. The lowest BCUT2D eigenvalue weighted by Crippen LogP contribution is -2.10. The van der Waals surface area contributed by atoms with Gasteiger partial charge < -0.3 is 0 Å². The van der Waals surface area contributed by atoms with E-state index in [-0.39, 0.29) is 0 Å². The summed E-state index contributed by atoms with van der Waals surface area (Å²) in [5.74, 6) is 0.505. The molecule has 1 aromatic heterocycles. The Morgan fingerprint density at radius 2 is 2.05 bits per heavy atom. The number of benzene rings is 1. The van der Waals surface area contributed by atoms with E-state index >= 15 is 0 Å². The quantitative estimate of drug-likeness (QED) is 0.810. The molecule has 1 heterocycles. The van der Waals surface area contributed by atoms with Gasteiger partial charge in [-0.25, -0.2) is 0 Å². The van der Waals surface area contributed by atoms with Crippen LogP contribution >= 0.6 is 0 Å². The van der Waals surface area contributed by atoms with E-state index in [9.17, 15) is 5.26 Å². The van der Waals surface area contributed by atoms with Crippen LogP contribution in [0.25, 0.3) is 10.9 Å². The number of nitrogens with zero attached hydrogens (tertiary/aromatic N) is 2. The first-order chi connectivity index (χ1) is 9.70. The van der Waals surface area contributed by atoms with Gasteiger partial charge in [0, 0.05) is 11.1 Å². The Morgan fingerprint density at radius 3 is 2.80 bits per heavy atom. The molecule has 0 aliphatic heterocycles. The third-order valence-corrected chi connectivity index (χ3v) is 4.33. The number of rotatable bonds is 2. The van der Waals surface area contributed by atoms with Gasteiger partial charge in [-0.2, -0.15) is 5.26 Å². The molecule has 3 rings (SSSR count). The standard InChI is InChI=1S/C18H20N2/c1-12(2)13-7-8-18-16(11-13)14(9-10-19)15-5-3-4-6-17(15)20-18/h7-8,11-12H,3-6,9H2,1-2H3. The Balaban J connectivity index is 2.29. The maximum absolute atomic E-state index is 9.19. The Kier molecular flexibility index (Phi) is 3.44. The minimum atomic E-state index is 0.503. The molecule has 20 heavy (non-hydrogen) atoms. The molecule has 0 N–H and O–H groups in total. The molecule has 2 heteroatoms. The average molecular weight is 264 g/mol. The molecule has 1 aromatic carbocycles. The molecule has 0 saturated carbocycles. The Morgan fingerprint density at radius 1 is 1.25 bits per heavy atom. The van der Waals surface area contributed by atoms with Crippen molar-refractivity contribution in [3.63, 3.8) is 0 Å². The van der Waals surface area contributed by atoms with Crippen LogP contribution in [0, 0.1) is 11.3 Å². The molecular formula is C18H20N2. The summed E-state index contributed by atoms with van der Waals surface area (Å²) in [6.07, 6.45) is 5.10. The van der Waals surface area contributed by atoms with Crippen molar-refractivity contribution in [2.75, 3.05) is 0 Å². The number of aryl methyl sites for hydroxylation is 1. The highest BCUT2D eigenvalue weighted by Gasteiger charge is 2.18. The highest BCUT2D eigenvalue weighted by Crippen LogP contribution is 2.31. The zero-order valence-electron chi connectivity index (χ0n) is 12.2. The molecule has 1 aliphatic carbocycles. The maximum Gasteiger partial charge on any atom is 0.0708 e. The van der Waals surface area contributed by atoms with Crippen LogP contribution in [0.4, 0.5) is 0 Å². The predicted octanol–water partition coefficient (Wildman–Crippen LogP) is 4.30.